The molecular weight excluding hydrogens is 190 g/mol. The zero-order chi connectivity index (χ0) is 11.6. The molecule has 3 heteroatoms. The Morgan fingerprint density at radius 3 is 2.60 bits per heavy atom. The Hall–Kier alpha value is -0.120. The average Bonchev–Trinajstić information content (AvgIpc) is 2.16. The molecule has 15 heavy (non-hydrogen) atoms. The topological polar surface area (TPSA) is 41.5 Å². The van der Waals surface area contributed by atoms with E-state index in [2.05, 4.69) is 26.1 Å². The highest BCUT2D eigenvalue weighted by atomic mass is 16.5. The first-order chi connectivity index (χ1) is 7.12. The Morgan fingerprint density at radius 1 is 1.27 bits per heavy atom. The normalized spacial score (nSPS) is 12.0. The van der Waals surface area contributed by atoms with Crippen LogP contribution in [0.1, 0.15) is 40.0 Å². The zero-order valence-electron chi connectivity index (χ0n) is 10.5. The maximum Gasteiger partial charge on any atom is 0.0590 e. The number of ether oxygens (including phenoxy) is 1. The van der Waals surface area contributed by atoms with E-state index in [9.17, 15) is 0 Å². The summed E-state index contributed by atoms with van der Waals surface area (Å²) in [7, 11) is 0. The monoisotopic (exact) mass is 217 g/mol. The lowest BCUT2D eigenvalue weighted by molar-refractivity contribution is 0.129. The molecule has 0 bridgehead atoms. The van der Waals surface area contributed by atoms with Gasteiger partial charge in [0.25, 0.3) is 0 Å². The van der Waals surface area contributed by atoms with Gasteiger partial charge in [0.2, 0.25) is 0 Å². The summed E-state index contributed by atoms with van der Waals surface area (Å²) in [5, 5.41) is 12.2. The standard InChI is InChI=1S/C12H27NO2/c1-4-5-9-15-10-7-13-11-12(2,3)6-8-14/h13-14H,4-11H2,1-3H3. The molecule has 0 aliphatic carbocycles. The van der Waals surface area contributed by atoms with E-state index in [1.165, 1.54) is 6.42 Å². The summed E-state index contributed by atoms with van der Waals surface area (Å²) in [5.74, 6) is 0. The van der Waals surface area contributed by atoms with E-state index in [0.29, 0.717) is 0 Å². The lowest BCUT2D eigenvalue weighted by Crippen LogP contribution is -2.32. The van der Waals surface area contributed by atoms with E-state index in [-0.39, 0.29) is 12.0 Å². The zero-order valence-corrected chi connectivity index (χ0v) is 10.5. The quantitative estimate of drug-likeness (QED) is 0.548. The summed E-state index contributed by atoms with van der Waals surface area (Å²) in [6.45, 7) is 10.2. The van der Waals surface area contributed by atoms with Crippen LogP contribution in [0, 0.1) is 5.41 Å². The van der Waals surface area contributed by atoms with Gasteiger partial charge in [-0.1, -0.05) is 27.2 Å². The number of aliphatic hydroxyl groups excluding tert-OH is 1. The van der Waals surface area contributed by atoms with E-state index in [1.807, 2.05) is 0 Å². The van der Waals surface area contributed by atoms with E-state index < -0.39 is 0 Å². The number of aliphatic hydroxyl groups is 1. The maximum absolute atomic E-state index is 8.85. The van der Waals surface area contributed by atoms with Gasteiger partial charge in [-0.2, -0.15) is 0 Å². The molecule has 0 aromatic heterocycles. The van der Waals surface area contributed by atoms with E-state index in [0.717, 1.165) is 39.1 Å². The molecule has 0 atom stereocenters. The highest BCUT2D eigenvalue weighted by molar-refractivity contribution is 4.70. The summed E-state index contributed by atoms with van der Waals surface area (Å²) in [6.07, 6.45) is 3.18. The third kappa shape index (κ3) is 10.2. The largest absolute Gasteiger partial charge is 0.396 e. The smallest absolute Gasteiger partial charge is 0.0590 e. The maximum atomic E-state index is 8.85. The molecule has 2 N–H and O–H groups in total. The second-order valence-electron chi connectivity index (χ2n) is 4.78. The highest BCUT2D eigenvalue weighted by Crippen LogP contribution is 2.17. The van der Waals surface area contributed by atoms with Crippen molar-refractivity contribution in [2.75, 3.05) is 32.9 Å². The van der Waals surface area contributed by atoms with Crippen molar-refractivity contribution in [2.45, 2.75) is 40.0 Å². The van der Waals surface area contributed by atoms with Gasteiger partial charge in [0, 0.05) is 26.3 Å². The fourth-order valence-corrected chi connectivity index (χ4v) is 1.31. The number of rotatable bonds is 10. The predicted molar refractivity (Wildman–Crippen MR) is 64.1 cm³/mol. The van der Waals surface area contributed by atoms with E-state index in [4.69, 9.17) is 9.84 Å². The van der Waals surface area contributed by atoms with Crippen molar-refractivity contribution < 1.29 is 9.84 Å². The highest BCUT2D eigenvalue weighted by Gasteiger charge is 2.15. The van der Waals surface area contributed by atoms with Crippen LogP contribution in [0.2, 0.25) is 0 Å². The van der Waals surface area contributed by atoms with Crippen molar-refractivity contribution in [1.82, 2.24) is 5.32 Å². The number of nitrogens with one attached hydrogen (secondary N) is 1. The first kappa shape index (κ1) is 14.9. The third-order valence-electron chi connectivity index (χ3n) is 2.46. The lowest BCUT2D eigenvalue weighted by atomic mass is 9.90. The Bertz CT molecular complexity index is 138. The molecule has 0 amide bonds. The fraction of sp³-hybridized carbons (Fsp3) is 1.00. The van der Waals surface area contributed by atoms with Gasteiger partial charge in [-0.25, -0.2) is 0 Å². The Labute approximate surface area is 94.2 Å². The SMILES string of the molecule is CCCCOCCNCC(C)(C)CCO. The second kappa shape index (κ2) is 9.13. The van der Waals surface area contributed by atoms with Crippen molar-refractivity contribution in [3.63, 3.8) is 0 Å². The molecule has 0 aliphatic rings. The lowest BCUT2D eigenvalue weighted by Gasteiger charge is -2.23. The molecule has 0 aliphatic heterocycles. The molecule has 0 rings (SSSR count). The summed E-state index contributed by atoms with van der Waals surface area (Å²) in [5.41, 5.74) is 0.179. The van der Waals surface area contributed by atoms with Crippen LogP contribution in [-0.2, 0) is 4.74 Å². The Balaban J connectivity index is 3.22. The van der Waals surface area contributed by atoms with Gasteiger partial charge in [-0.15, -0.1) is 0 Å². The molecule has 0 aromatic rings. The molecule has 0 heterocycles. The van der Waals surface area contributed by atoms with Crippen LogP contribution in [-0.4, -0.2) is 38.0 Å². The van der Waals surface area contributed by atoms with Gasteiger partial charge < -0.3 is 15.2 Å². The van der Waals surface area contributed by atoms with Crippen LogP contribution < -0.4 is 5.32 Å². The first-order valence-corrected chi connectivity index (χ1v) is 6.01. The Kier molecular flexibility index (Phi) is 9.06. The van der Waals surface area contributed by atoms with E-state index >= 15 is 0 Å². The van der Waals surface area contributed by atoms with Crippen molar-refractivity contribution in [2.24, 2.45) is 5.41 Å². The minimum atomic E-state index is 0.179. The summed E-state index contributed by atoms with van der Waals surface area (Å²) < 4.78 is 5.44. The first-order valence-electron chi connectivity index (χ1n) is 6.01. The molecule has 0 unspecified atom stereocenters. The van der Waals surface area contributed by atoms with E-state index in [1.54, 1.807) is 0 Å². The average molecular weight is 217 g/mol. The molecule has 0 spiro atoms. The second-order valence-corrected chi connectivity index (χ2v) is 4.78. The number of unbranched alkanes of at least 4 members (excludes halogenated alkanes) is 1. The summed E-state index contributed by atoms with van der Waals surface area (Å²) in [4.78, 5) is 0. The van der Waals surface area contributed by atoms with Gasteiger partial charge in [0.1, 0.15) is 0 Å². The number of hydrogen-bond acceptors (Lipinski definition) is 3. The van der Waals surface area contributed by atoms with Gasteiger partial charge in [0.15, 0.2) is 0 Å². The van der Waals surface area contributed by atoms with Gasteiger partial charge >= 0.3 is 0 Å². The van der Waals surface area contributed by atoms with Crippen LogP contribution >= 0.6 is 0 Å². The van der Waals surface area contributed by atoms with Crippen molar-refractivity contribution >= 4 is 0 Å². The van der Waals surface area contributed by atoms with Gasteiger partial charge in [0.05, 0.1) is 6.61 Å². The van der Waals surface area contributed by atoms with Crippen LogP contribution in [0.15, 0.2) is 0 Å². The van der Waals surface area contributed by atoms with Crippen LogP contribution in [0.25, 0.3) is 0 Å². The molecule has 0 saturated carbocycles. The molecule has 0 radical (unpaired) electrons. The van der Waals surface area contributed by atoms with Crippen LogP contribution in [0.3, 0.4) is 0 Å². The van der Waals surface area contributed by atoms with Gasteiger partial charge in [-0.05, 0) is 18.3 Å². The molecule has 0 aromatic carbocycles. The fourth-order valence-electron chi connectivity index (χ4n) is 1.31. The van der Waals surface area contributed by atoms with Crippen LogP contribution in [0.4, 0.5) is 0 Å². The minimum absolute atomic E-state index is 0.179. The summed E-state index contributed by atoms with van der Waals surface area (Å²) >= 11 is 0. The summed E-state index contributed by atoms with van der Waals surface area (Å²) in [6, 6.07) is 0. The molecule has 0 fully saturated rings. The molecular formula is C12H27NO2. The van der Waals surface area contributed by atoms with Crippen molar-refractivity contribution in [3.8, 4) is 0 Å². The van der Waals surface area contributed by atoms with Crippen molar-refractivity contribution in [1.29, 1.82) is 0 Å². The number of hydrogen-bond donors (Lipinski definition) is 2. The van der Waals surface area contributed by atoms with Gasteiger partial charge in [-0.3, -0.25) is 0 Å². The molecule has 3 nitrogen and oxygen atoms in total. The van der Waals surface area contributed by atoms with Crippen molar-refractivity contribution in [3.05, 3.63) is 0 Å². The molecule has 0 saturated heterocycles. The minimum Gasteiger partial charge on any atom is -0.396 e. The Morgan fingerprint density at radius 2 is 2.00 bits per heavy atom. The van der Waals surface area contributed by atoms with Crippen LogP contribution in [0.5, 0.6) is 0 Å². The predicted octanol–water partition coefficient (Wildman–Crippen LogP) is 1.80. The third-order valence-corrected chi connectivity index (χ3v) is 2.46. The molecule has 92 valence electrons.